The zero-order valence-corrected chi connectivity index (χ0v) is 16.8. The third-order valence-electron chi connectivity index (χ3n) is 4.80. The number of benzene rings is 3. The number of rotatable bonds is 2. The molecule has 0 N–H and O–H groups in total. The first-order valence-corrected chi connectivity index (χ1v) is 11.0. The predicted molar refractivity (Wildman–Crippen MR) is 108 cm³/mol. The first-order chi connectivity index (χ1) is 13.9. The van der Waals surface area contributed by atoms with Crippen molar-refractivity contribution in [1.82, 2.24) is 8.75 Å². The molecular weight excluding hydrogens is 432 g/mol. The van der Waals surface area contributed by atoms with Crippen LogP contribution in [0.5, 0.6) is 0 Å². The molecule has 0 atom stereocenters. The lowest BCUT2D eigenvalue weighted by atomic mass is 9.83. The fraction of sp³-hybridized carbons (Fsp3) is 0. The highest BCUT2D eigenvalue weighted by molar-refractivity contribution is 7.91. The third kappa shape index (κ3) is 2.57. The van der Waals surface area contributed by atoms with Crippen molar-refractivity contribution in [3.63, 3.8) is 0 Å². The van der Waals surface area contributed by atoms with Gasteiger partial charge in [0.25, 0.3) is 0 Å². The van der Waals surface area contributed by atoms with Crippen molar-refractivity contribution in [2.75, 3.05) is 0 Å². The Morgan fingerprint density at radius 1 is 0.793 bits per heavy atom. The van der Waals surface area contributed by atoms with E-state index in [0.29, 0.717) is 5.02 Å². The molecule has 1 heterocycles. The van der Waals surface area contributed by atoms with Crippen LogP contribution in [0.3, 0.4) is 0 Å². The number of hydrogen-bond acceptors (Lipinski definition) is 7. The minimum Gasteiger partial charge on any atom is -0.289 e. The molecule has 5 rings (SSSR count). The SMILES string of the molecule is O=C1c2ccccc2C(=O)c2c1cc(S(=O)(=O)c1ccc(Cl)cc1)c1nsnc21. The Balaban J connectivity index is 1.83. The summed E-state index contributed by atoms with van der Waals surface area (Å²) in [5, 5.41) is 0.396. The quantitative estimate of drug-likeness (QED) is 0.412. The van der Waals surface area contributed by atoms with E-state index in [9.17, 15) is 18.0 Å². The Labute approximate surface area is 174 Å². The van der Waals surface area contributed by atoms with E-state index in [0.717, 1.165) is 11.7 Å². The summed E-state index contributed by atoms with van der Waals surface area (Å²) in [5.41, 5.74) is 0.807. The molecule has 0 amide bonds. The summed E-state index contributed by atoms with van der Waals surface area (Å²) < 4.78 is 34.8. The van der Waals surface area contributed by atoms with Gasteiger partial charge >= 0.3 is 0 Å². The molecule has 0 bridgehead atoms. The monoisotopic (exact) mass is 440 g/mol. The van der Waals surface area contributed by atoms with Crippen molar-refractivity contribution in [1.29, 1.82) is 0 Å². The molecule has 0 fully saturated rings. The highest BCUT2D eigenvalue weighted by atomic mass is 35.5. The molecule has 142 valence electrons. The first kappa shape index (κ1) is 18.1. The molecule has 4 aromatic rings. The average molecular weight is 441 g/mol. The second-order valence-corrected chi connectivity index (χ2v) is 9.30. The van der Waals surface area contributed by atoms with Gasteiger partial charge in [0, 0.05) is 21.7 Å². The molecule has 29 heavy (non-hydrogen) atoms. The maximum atomic E-state index is 13.3. The summed E-state index contributed by atoms with van der Waals surface area (Å²) >= 11 is 6.65. The Kier molecular flexibility index (Phi) is 3.92. The summed E-state index contributed by atoms with van der Waals surface area (Å²) in [5.74, 6) is -0.791. The average Bonchev–Trinajstić information content (AvgIpc) is 3.21. The number of carbonyl (C=O) groups is 2. The fourth-order valence-corrected chi connectivity index (χ4v) is 5.60. The molecule has 0 spiro atoms. The number of sulfone groups is 1. The fourth-order valence-electron chi connectivity index (χ4n) is 3.43. The number of ketones is 2. The van der Waals surface area contributed by atoms with Crippen LogP contribution in [0.1, 0.15) is 31.8 Å². The lowest BCUT2D eigenvalue weighted by Crippen LogP contribution is -2.22. The molecule has 6 nitrogen and oxygen atoms in total. The Morgan fingerprint density at radius 2 is 1.41 bits per heavy atom. The highest BCUT2D eigenvalue weighted by Crippen LogP contribution is 2.37. The number of hydrogen-bond donors (Lipinski definition) is 0. The van der Waals surface area contributed by atoms with E-state index in [1.165, 1.54) is 30.3 Å². The van der Waals surface area contributed by atoms with Crippen LogP contribution < -0.4 is 0 Å². The number of aromatic nitrogens is 2. The molecule has 0 saturated carbocycles. The highest BCUT2D eigenvalue weighted by Gasteiger charge is 2.35. The minimum absolute atomic E-state index is 0.00568. The second-order valence-electron chi connectivity index (χ2n) is 6.42. The second kappa shape index (κ2) is 6.28. The van der Waals surface area contributed by atoms with Gasteiger partial charge in [0.2, 0.25) is 9.84 Å². The normalized spacial score (nSPS) is 13.4. The molecule has 0 unspecified atom stereocenters. The Bertz CT molecular complexity index is 1460. The summed E-state index contributed by atoms with van der Waals surface area (Å²) in [6.07, 6.45) is 0. The Morgan fingerprint density at radius 3 is 2.10 bits per heavy atom. The lowest BCUT2D eigenvalue weighted by Gasteiger charge is -2.18. The van der Waals surface area contributed by atoms with E-state index < -0.39 is 15.6 Å². The van der Waals surface area contributed by atoms with Crippen LogP contribution in [0, 0.1) is 0 Å². The van der Waals surface area contributed by atoms with Crippen molar-refractivity contribution in [3.8, 4) is 0 Å². The maximum Gasteiger partial charge on any atom is 0.208 e. The van der Waals surface area contributed by atoms with Gasteiger partial charge in [-0.2, -0.15) is 8.75 Å². The predicted octanol–water partition coefficient (Wildman–Crippen LogP) is 3.95. The van der Waals surface area contributed by atoms with Crippen molar-refractivity contribution >= 4 is 55.8 Å². The summed E-state index contributed by atoms with van der Waals surface area (Å²) in [4.78, 5) is 26.0. The van der Waals surface area contributed by atoms with Crippen LogP contribution in [0.25, 0.3) is 11.0 Å². The van der Waals surface area contributed by atoms with Gasteiger partial charge in [0.1, 0.15) is 15.9 Å². The van der Waals surface area contributed by atoms with E-state index >= 15 is 0 Å². The van der Waals surface area contributed by atoms with Gasteiger partial charge in [-0.1, -0.05) is 35.9 Å². The van der Waals surface area contributed by atoms with Crippen LogP contribution in [-0.2, 0) is 9.84 Å². The van der Waals surface area contributed by atoms with E-state index in [1.54, 1.807) is 24.3 Å². The standard InChI is InChI=1S/C20H9ClN2O4S2/c21-10-5-7-11(8-6-10)29(26,27)15-9-14-16(18-17(15)22-28-23-18)20(25)13-4-2-1-3-12(13)19(14)24/h1-9H. The molecule has 0 saturated heterocycles. The molecule has 9 heteroatoms. The summed E-state index contributed by atoms with van der Waals surface area (Å²) in [6.45, 7) is 0. The van der Waals surface area contributed by atoms with Gasteiger partial charge in [-0.05, 0) is 30.3 Å². The number of nitrogens with zero attached hydrogens (tertiary/aromatic N) is 2. The van der Waals surface area contributed by atoms with E-state index in [4.69, 9.17) is 11.6 Å². The molecule has 3 aromatic carbocycles. The molecule has 1 aliphatic rings. The van der Waals surface area contributed by atoms with Gasteiger partial charge in [-0.25, -0.2) is 8.42 Å². The van der Waals surface area contributed by atoms with E-state index in [1.807, 2.05) is 0 Å². The van der Waals surface area contributed by atoms with E-state index in [-0.39, 0.29) is 48.9 Å². The molecule has 0 radical (unpaired) electrons. The van der Waals surface area contributed by atoms with Gasteiger partial charge < -0.3 is 0 Å². The minimum atomic E-state index is -4.02. The van der Waals surface area contributed by atoms with Crippen LogP contribution in [0.4, 0.5) is 0 Å². The smallest absolute Gasteiger partial charge is 0.208 e. The third-order valence-corrected chi connectivity index (χ3v) is 7.37. The number of halogens is 1. The molecular formula is C20H9ClN2O4S2. The van der Waals surface area contributed by atoms with Gasteiger partial charge in [-0.3, -0.25) is 9.59 Å². The largest absolute Gasteiger partial charge is 0.289 e. The van der Waals surface area contributed by atoms with E-state index in [2.05, 4.69) is 8.75 Å². The van der Waals surface area contributed by atoms with Gasteiger partial charge in [0.15, 0.2) is 11.6 Å². The summed E-state index contributed by atoms with van der Waals surface area (Å²) in [6, 6.07) is 13.4. The molecule has 0 aliphatic heterocycles. The molecule has 1 aromatic heterocycles. The summed E-state index contributed by atoms with van der Waals surface area (Å²) in [7, 11) is -4.02. The lowest BCUT2D eigenvalue weighted by molar-refractivity contribution is 0.0980. The van der Waals surface area contributed by atoms with Crippen molar-refractivity contribution in [2.24, 2.45) is 0 Å². The van der Waals surface area contributed by atoms with Crippen molar-refractivity contribution in [3.05, 3.63) is 81.9 Å². The zero-order valence-electron chi connectivity index (χ0n) is 14.4. The van der Waals surface area contributed by atoms with Crippen molar-refractivity contribution < 1.29 is 18.0 Å². The number of fused-ring (bicyclic) bond motifs is 4. The van der Waals surface area contributed by atoms with Gasteiger partial charge in [0.05, 0.1) is 22.2 Å². The van der Waals surface area contributed by atoms with Gasteiger partial charge in [-0.15, -0.1) is 0 Å². The Hall–Kier alpha value is -2.94. The van der Waals surface area contributed by atoms with Crippen LogP contribution in [0.15, 0.2) is 64.4 Å². The molecule has 1 aliphatic carbocycles. The zero-order chi connectivity index (χ0) is 20.3. The first-order valence-electron chi connectivity index (χ1n) is 8.38. The maximum absolute atomic E-state index is 13.3. The van der Waals surface area contributed by atoms with Crippen LogP contribution in [0.2, 0.25) is 5.02 Å². The van der Waals surface area contributed by atoms with Crippen molar-refractivity contribution in [2.45, 2.75) is 9.79 Å². The topological polar surface area (TPSA) is 94.1 Å². The van der Waals surface area contributed by atoms with Crippen LogP contribution >= 0.6 is 23.3 Å². The number of carbonyl (C=O) groups excluding carboxylic acids is 2. The van der Waals surface area contributed by atoms with Crippen LogP contribution in [-0.4, -0.2) is 28.7 Å².